The zero-order valence-electron chi connectivity index (χ0n) is 24.2. The van der Waals surface area contributed by atoms with Crippen molar-refractivity contribution >= 4 is 29.2 Å². The molecule has 0 saturated heterocycles. The Labute approximate surface area is 257 Å². The van der Waals surface area contributed by atoms with Crippen molar-refractivity contribution in [3.63, 3.8) is 0 Å². The Morgan fingerprint density at radius 2 is 1.82 bits per heavy atom. The maximum absolute atomic E-state index is 10.6. The molecule has 12 heteroatoms. The third-order valence-corrected chi connectivity index (χ3v) is 7.45. The Hall–Kier alpha value is -6.17. The van der Waals surface area contributed by atoms with Crippen LogP contribution in [-0.4, -0.2) is 53.9 Å². The number of carbonyl (C=O) groups excluding carboxylic acids is 2. The van der Waals surface area contributed by atoms with Gasteiger partial charge in [-0.1, -0.05) is 6.07 Å². The first-order chi connectivity index (χ1) is 21.9. The van der Waals surface area contributed by atoms with Crippen LogP contribution in [0.4, 0.5) is 5.82 Å². The monoisotopic (exact) mass is 600 g/mol. The highest BCUT2D eigenvalue weighted by Crippen LogP contribution is 2.33. The quantitative estimate of drug-likeness (QED) is 0.233. The van der Waals surface area contributed by atoms with E-state index in [-0.39, 0.29) is 16.9 Å². The van der Waals surface area contributed by atoms with Crippen LogP contribution in [0.2, 0.25) is 0 Å². The van der Waals surface area contributed by atoms with E-state index >= 15 is 0 Å². The number of carbonyl (C=O) groups is 2. The zero-order chi connectivity index (χ0) is 31.5. The Balaban J connectivity index is 0.000000252. The van der Waals surface area contributed by atoms with E-state index in [0.29, 0.717) is 40.8 Å². The summed E-state index contributed by atoms with van der Waals surface area (Å²) in [5, 5.41) is 9.03. The van der Waals surface area contributed by atoms with E-state index in [1.807, 2.05) is 24.3 Å². The van der Waals surface area contributed by atoms with Gasteiger partial charge in [0.15, 0.2) is 17.8 Å². The number of amides is 1. The van der Waals surface area contributed by atoms with Crippen LogP contribution in [0.5, 0.6) is 11.6 Å². The first kappa shape index (κ1) is 28.9. The third kappa shape index (κ3) is 5.76. The number of ether oxygens (including phenoxy) is 1. The Morgan fingerprint density at radius 3 is 2.60 bits per heavy atom. The number of aryl methyl sites for hydroxylation is 2. The summed E-state index contributed by atoms with van der Waals surface area (Å²) in [6, 6.07) is 18.0. The van der Waals surface area contributed by atoms with Crippen LogP contribution >= 0.6 is 0 Å². The molecule has 0 spiro atoms. The summed E-state index contributed by atoms with van der Waals surface area (Å²) in [5.41, 5.74) is 18.8. The van der Waals surface area contributed by atoms with Crippen LogP contribution in [0.25, 0.3) is 39.6 Å². The van der Waals surface area contributed by atoms with Crippen molar-refractivity contribution in [2.75, 3.05) is 12.8 Å². The highest BCUT2D eigenvalue weighted by Gasteiger charge is 2.20. The molecule has 0 radical (unpaired) electrons. The van der Waals surface area contributed by atoms with Gasteiger partial charge in [-0.3, -0.25) is 19.1 Å². The molecule has 4 aromatic heterocycles. The average Bonchev–Trinajstić information content (AvgIpc) is 3.69. The number of fused-ring (bicyclic) bond motifs is 2. The lowest BCUT2D eigenvalue weighted by Crippen LogP contribution is -2.10. The summed E-state index contributed by atoms with van der Waals surface area (Å²) in [6.07, 6.45) is 8.77. The number of imidazole rings is 1. The standard InChI is InChI=1S/C25H21N7O.C8H7NO3/c1-33-22-14-27-13-21(29-22)19-9-10-20-25(30-19)32(17-8-7-15-4-2-5-16(15)12-17)24(31-20)18-6-3-11-28-23(18)26;9-8(12)5-1-2-7(11)6(3-5)4-10/h3,6-14H,2,4-5H2,1H3,(H2,26,28);1-4,11H,(H2,9,12). The molecule has 6 aromatic rings. The normalized spacial score (nSPS) is 11.8. The number of aromatic hydroxyl groups is 1. The summed E-state index contributed by atoms with van der Waals surface area (Å²) in [6.45, 7) is 0. The second-order valence-corrected chi connectivity index (χ2v) is 10.3. The summed E-state index contributed by atoms with van der Waals surface area (Å²) < 4.78 is 7.29. The largest absolute Gasteiger partial charge is 0.507 e. The Morgan fingerprint density at radius 1 is 0.978 bits per heavy atom. The highest BCUT2D eigenvalue weighted by atomic mass is 16.5. The van der Waals surface area contributed by atoms with Crippen LogP contribution < -0.4 is 16.2 Å². The molecular formula is C33H28N8O4. The molecule has 0 saturated carbocycles. The number of hydrogen-bond donors (Lipinski definition) is 3. The second kappa shape index (κ2) is 12.2. The number of hydrogen-bond acceptors (Lipinski definition) is 10. The summed E-state index contributed by atoms with van der Waals surface area (Å²) in [5.74, 6) is 0.780. The van der Waals surface area contributed by atoms with Crippen LogP contribution in [0.3, 0.4) is 0 Å². The van der Waals surface area contributed by atoms with Gasteiger partial charge in [0.25, 0.3) is 0 Å². The molecule has 4 heterocycles. The van der Waals surface area contributed by atoms with Gasteiger partial charge in [0.2, 0.25) is 11.8 Å². The van der Waals surface area contributed by atoms with Gasteiger partial charge in [0.1, 0.15) is 22.8 Å². The molecule has 0 aliphatic heterocycles. The van der Waals surface area contributed by atoms with E-state index in [2.05, 4.69) is 37.7 Å². The van der Waals surface area contributed by atoms with Gasteiger partial charge in [0, 0.05) is 17.4 Å². The fraction of sp³-hybridized carbons (Fsp3) is 0.121. The van der Waals surface area contributed by atoms with Crippen LogP contribution in [0, 0.1) is 0 Å². The van der Waals surface area contributed by atoms with Crippen molar-refractivity contribution in [2.24, 2.45) is 5.73 Å². The van der Waals surface area contributed by atoms with E-state index in [0.717, 1.165) is 29.6 Å². The first-order valence-corrected chi connectivity index (χ1v) is 14.0. The smallest absolute Gasteiger partial charge is 0.248 e. The highest BCUT2D eigenvalue weighted by molar-refractivity contribution is 5.95. The second-order valence-electron chi connectivity index (χ2n) is 10.3. The van der Waals surface area contributed by atoms with Gasteiger partial charge in [-0.25, -0.2) is 19.9 Å². The van der Waals surface area contributed by atoms with Crippen molar-refractivity contribution in [3.05, 3.63) is 102 Å². The maximum Gasteiger partial charge on any atom is 0.248 e. The van der Waals surface area contributed by atoms with E-state index in [1.165, 1.54) is 35.7 Å². The Bertz CT molecular complexity index is 2070. The van der Waals surface area contributed by atoms with Crippen molar-refractivity contribution < 1.29 is 19.4 Å². The molecule has 2 aromatic carbocycles. The minimum absolute atomic E-state index is 0.0614. The van der Waals surface area contributed by atoms with Crippen LogP contribution in [-0.2, 0) is 12.8 Å². The van der Waals surface area contributed by atoms with Crippen LogP contribution in [0.1, 0.15) is 38.3 Å². The van der Waals surface area contributed by atoms with E-state index in [4.69, 9.17) is 31.3 Å². The van der Waals surface area contributed by atoms with E-state index in [9.17, 15) is 9.59 Å². The van der Waals surface area contributed by atoms with Crippen molar-refractivity contribution in [1.82, 2.24) is 29.5 Å². The lowest BCUT2D eigenvalue weighted by molar-refractivity contribution is 0.1000. The van der Waals surface area contributed by atoms with Gasteiger partial charge in [-0.15, -0.1) is 0 Å². The summed E-state index contributed by atoms with van der Waals surface area (Å²) >= 11 is 0. The zero-order valence-corrected chi connectivity index (χ0v) is 24.2. The molecular weight excluding hydrogens is 572 g/mol. The lowest BCUT2D eigenvalue weighted by Gasteiger charge is -2.12. The van der Waals surface area contributed by atoms with Gasteiger partial charge < -0.3 is 21.3 Å². The molecule has 224 valence electrons. The number of phenols is 1. The fourth-order valence-electron chi connectivity index (χ4n) is 5.20. The maximum atomic E-state index is 10.6. The number of anilines is 1. The molecule has 12 nitrogen and oxygen atoms in total. The van der Waals surface area contributed by atoms with E-state index < -0.39 is 5.91 Å². The SMILES string of the molecule is COc1cncc(-c2ccc3nc(-c4cccnc4N)n(-c4ccc5c(c4)CCC5)c3n2)n1.NC(=O)c1ccc(O)c(C=O)c1. The van der Waals surface area contributed by atoms with Gasteiger partial charge >= 0.3 is 0 Å². The molecule has 45 heavy (non-hydrogen) atoms. The van der Waals surface area contributed by atoms with Gasteiger partial charge in [0.05, 0.1) is 36.3 Å². The van der Waals surface area contributed by atoms with Crippen molar-refractivity contribution in [3.8, 4) is 40.1 Å². The molecule has 5 N–H and O–H groups in total. The molecule has 7 rings (SSSR count). The molecule has 1 amide bonds. The number of methoxy groups -OCH3 is 1. The van der Waals surface area contributed by atoms with Crippen molar-refractivity contribution in [1.29, 1.82) is 0 Å². The van der Waals surface area contributed by atoms with Crippen LogP contribution in [0.15, 0.2) is 79.3 Å². The number of pyridine rings is 2. The van der Waals surface area contributed by atoms with Gasteiger partial charge in [-0.2, -0.15) is 0 Å². The molecule has 0 atom stereocenters. The topological polar surface area (TPSA) is 185 Å². The number of rotatable bonds is 6. The molecule has 0 unspecified atom stereocenters. The van der Waals surface area contributed by atoms with E-state index in [1.54, 1.807) is 25.7 Å². The predicted molar refractivity (Wildman–Crippen MR) is 168 cm³/mol. The first-order valence-electron chi connectivity index (χ1n) is 14.0. The fourth-order valence-corrected chi connectivity index (χ4v) is 5.20. The number of nitrogens with zero attached hydrogens (tertiary/aromatic N) is 6. The number of aldehydes is 1. The minimum atomic E-state index is -0.627. The Kier molecular flexibility index (Phi) is 7.85. The number of aromatic nitrogens is 6. The average molecular weight is 601 g/mol. The number of nitrogen functional groups attached to an aromatic ring is 1. The predicted octanol–water partition coefficient (Wildman–Crippen LogP) is 4.32. The number of nitrogens with two attached hydrogens (primary N) is 2. The molecule has 1 aliphatic carbocycles. The minimum Gasteiger partial charge on any atom is -0.507 e. The number of phenolic OH excluding ortho intramolecular Hbond substituents is 1. The van der Waals surface area contributed by atoms with Crippen molar-refractivity contribution in [2.45, 2.75) is 19.3 Å². The summed E-state index contributed by atoms with van der Waals surface area (Å²) in [7, 11) is 1.57. The summed E-state index contributed by atoms with van der Waals surface area (Å²) in [4.78, 5) is 43.7. The van der Waals surface area contributed by atoms with Gasteiger partial charge in [-0.05, 0) is 85.0 Å². The molecule has 0 fully saturated rings. The number of primary amides is 1. The molecule has 0 bridgehead atoms. The lowest BCUT2D eigenvalue weighted by atomic mass is 10.1. The molecule has 1 aliphatic rings. The third-order valence-electron chi connectivity index (χ3n) is 7.45. The number of benzene rings is 2.